The van der Waals surface area contributed by atoms with E-state index in [9.17, 15) is 20.0 Å². The highest BCUT2D eigenvalue weighted by Gasteiger charge is 2.27. The minimum absolute atomic E-state index is 0.0898. The number of phenolic OH excluding ortho intramolecular Hbond substituents is 1. The lowest BCUT2D eigenvalue weighted by Gasteiger charge is -2.22. The highest BCUT2D eigenvalue weighted by molar-refractivity contribution is 5.94. The molecular formula is C19H17N3O5. The average molecular weight is 367 g/mol. The van der Waals surface area contributed by atoms with Crippen molar-refractivity contribution >= 4 is 22.5 Å². The maximum Gasteiger partial charge on any atom is 0.279 e. The van der Waals surface area contributed by atoms with Crippen LogP contribution in [-0.4, -0.2) is 28.0 Å². The largest absolute Gasteiger partial charge is 0.505 e. The van der Waals surface area contributed by atoms with Gasteiger partial charge in [-0.2, -0.15) is 0 Å². The Morgan fingerprint density at radius 3 is 2.67 bits per heavy atom. The number of aromatic nitrogens is 1. The fraction of sp³-hybridized carbons (Fsp3) is 0.158. The maximum atomic E-state index is 11.8. The van der Waals surface area contributed by atoms with Crippen molar-refractivity contribution in [2.45, 2.75) is 13.0 Å². The Kier molecular flexibility index (Phi) is 4.89. The number of pyridine rings is 1. The molecule has 1 aromatic heterocycles. The van der Waals surface area contributed by atoms with Gasteiger partial charge < -0.3 is 15.2 Å². The van der Waals surface area contributed by atoms with Crippen molar-refractivity contribution in [2.75, 3.05) is 7.11 Å². The van der Waals surface area contributed by atoms with Crippen molar-refractivity contribution in [3.05, 3.63) is 69.9 Å². The summed E-state index contributed by atoms with van der Waals surface area (Å²) >= 11 is 0. The summed E-state index contributed by atoms with van der Waals surface area (Å²) in [5, 5.41) is 25.3. The van der Waals surface area contributed by atoms with E-state index in [-0.39, 0.29) is 33.8 Å². The molecule has 0 aliphatic carbocycles. The van der Waals surface area contributed by atoms with Gasteiger partial charge in [0, 0.05) is 30.3 Å². The second-order valence-electron chi connectivity index (χ2n) is 5.87. The summed E-state index contributed by atoms with van der Waals surface area (Å²) in [5.41, 5.74) is 0.589. The summed E-state index contributed by atoms with van der Waals surface area (Å²) in [5.74, 6) is -0.130. The topological polar surface area (TPSA) is 115 Å². The number of nitrogens with one attached hydrogen (secondary N) is 1. The summed E-state index contributed by atoms with van der Waals surface area (Å²) < 4.78 is 5.35. The zero-order chi connectivity index (χ0) is 19.6. The molecule has 3 rings (SSSR count). The molecule has 0 spiro atoms. The van der Waals surface area contributed by atoms with Crippen LogP contribution in [0.15, 0.2) is 48.7 Å². The van der Waals surface area contributed by atoms with E-state index in [4.69, 9.17) is 4.74 Å². The first-order valence-corrected chi connectivity index (χ1v) is 8.09. The number of amides is 1. The van der Waals surface area contributed by atoms with Gasteiger partial charge in [0.2, 0.25) is 5.91 Å². The molecule has 0 aliphatic heterocycles. The zero-order valence-corrected chi connectivity index (χ0v) is 14.7. The minimum Gasteiger partial charge on any atom is -0.505 e. The van der Waals surface area contributed by atoms with Crippen LogP contribution in [0.25, 0.3) is 10.9 Å². The van der Waals surface area contributed by atoms with Crippen LogP contribution in [0.4, 0.5) is 5.69 Å². The third-order valence-corrected chi connectivity index (χ3v) is 4.18. The van der Waals surface area contributed by atoms with Gasteiger partial charge in [-0.1, -0.05) is 18.2 Å². The number of benzene rings is 2. The molecule has 0 radical (unpaired) electrons. The molecule has 1 unspecified atom stereocenters. The molecule has 0 saturated heterocycles. The fourth-order valence-corrected chi connectivity index (χ4v) is 3.03. The Morgan fingerprint density at radius 1 is 1.26 bits per heavy atom. The van der Waals surface area contributed by atoms with Crippen molar-refractivity contribution in [3.63, 3.8) is 0 Å². The molecule has 8 heteroatoms. The standard InChI is InChI=1S/C19H17N3O5/c1-11(23)21-17(13-6-3-4-8-16(13)27-2)14-10-15(22(25)26)12-7-5-9-20-18(12)19(14)24/h3-10,17,24H,1-2H3,(H,21,23). The van der Waals surface area contributed by atoms with Gasteiger partial charge in [0.05, 0.1) is 23.5 Å². The van der Waals surface area contributed by atoms with Gasteiger partial charge in [0.1, 0.15) is 17.0 Å². The Balaban J connectivity index is 2.32. The van der Waals surface area contributed by atoms with E-state index in [0.717, 1.165) is 0 Å². The van der Waals surface area contributed by atoms with Crippen LogP contribution in [0.3, 0.4) is 0 Å². The third-order valence-electron chi connectivity index (χ3n) is 4.18. The first-order chi connectivity index (χ1) is 12.9. The van der Waals surface area contributed by atoms with Crippen LogP contribution in [0.5, 0.6) is 11.5 Å². The number of ether oxygens (including phenoxy) is 1. The predicted molar refractivity (Wildman–Crippen MR) is 98.7 cm³/mol. The quantitative estimate of drug-likeness (QED) is 0.529. The molecule has 0 aliphatic rings. The van der Waals surface area contributed by atoms with Crippen molar-refractivity contribution < 1.29 is 19.6 Å². The number of rotatable bonds is 5. The Bertz CT molecular complexity index is 1040. The van der Waals surface area contributed by atoms with Gasteiger partial charge in [-0.15, -0.1) is 0 Å². The summed E-state index contributed by atoms with van der Waals surface area (Å²) in [4.78, 5) is 26.9. The van der Waals surface area contributed by atoms with Gasteiger partial charge in [-0.25, -0.2) is 0 Å². The van der Waals surface area contributed by atoms with Gasteiger partial charge in [-0.3, -0.25) is 19.9 Å². The maximum absolute atomic E-state index is 11.8. The average Bonchev–Trinajstić information content (AvgIpc) is 2.66. The van der Waals surface area contributed by atoms with E-state index in [1.54, 1.807) is 30.3 Å². The summed E-state index contributed by atoms with van der Waals surface area (Å²) in [6.07, 6.45) is 1.44. The lowest BCUT2D eigenvalue weighted by molar-refractivity contribution is -0.383. The molecule has 1 atom stereocenters. The first kappa shape index (κ1) is 18.1. The molecule has 1 amide bonds. The number of non-ortho nitro benzene ring substituents is 1. The van der Waals surface area contributed by atoms with Crippen LogP contribution in [0.2, 0.25) is 0 Å². The molecule has 3 aromatic rings. The number of hydrogen-bond donors (Lipinski definition) is 2. The molecule has 2 N–H and O–H groups in total. The molecule has 27 heavy (non-hydrogen) atoms. The third kappa shape index (κ3) is 3.37. The second kappa shape index (κ2) is 7.28. The van der Waals surface area contributed by atoms with Crippen molar-refractivity contribution in [1.82, 2.24) is 10.3 Å². The Labute approximate surface area is 154 Å². The zero-order valence-electron chi connectivity index (χ0n) is 14.7. The molecule has 0 fully saturated rings. The van der Waals surface area contributed by atoms with Crippen LogP contribution in [-0.2, 0) is 4.79 Å². The van der Waals surface area contributed by atoms with Crippen LogP contribution < -0.4 is 10.1 Å². The van der Waals surface area contributed by atoms with Crippen molar-refractivity contribution in [3.8, 4) is 11.5 Å². The molecule has 138 valence electrons. The fourth-order valence-electron chi connectivity index (χ4n) is 3.03. The predicted octanol–water partition coefficient (Wildman–Crippen LogP) is 3.08. The number of phenols is 1. The number of nitro benzene ring substituents is 1. The molecule has 8 nitrogen and oxygen atoms in total. The molecule has 2 aromatic carbocycles. The van der Waals surface area contributed by atoms with E-state index < -0.39 is 11.0 Å². The SMILES string of the molecule is COc1ccccc1C(NC(C)=O)c1cc([N+](=O)[O-])c2cccnc2c1O. The minimum atomic E-state index is -0.858. The Morgan fingerprint density at radius 2 is 2.00 bits per heavy atom. The number of fused-ring (bicyclic) bond motifs is 1. The lowest BCUT2D eigenvalue weighted by atomic mass is 9.94. The molecule has 1 heterocycles. The lowest BCUT2D eigenvalue weighted by Crippen LogP contribution is -2.27. The van der Waals surface area contributed by atoms with E-state index >= 15 is 0 Å². The van der Waals surface area contributed by atoms with E-state index in [2.05, 4.69) is 10.3 Å². The van der Waals surface area contributed by atoms with E-state index in [1.807, 2.05) is 0 Å². The molecule has 0 bridgehead atoms. The van der Waals surface area contributed by atoms with Crippen LogP contribution in [0.1, 0.15) is 24.1 Å². The van der Waals surface area contributed by atoms with E-state index in [1.165, 1.54) is 32.4 Å². The number of carbonyl (C=O) groups is 1. The highest BCUT2D eigenvalue weighted by atomic mass is 16.6. The van der Waals surface area contributed by atoms with Crippen LogP contribution >= 0.6 is 0 Å². The molecular weight excluding hydrogens is 350 g/mol. The number of aromatic hydroxyl groups is 1. The summed E-state index contributed by atoms with van der Waals surface area (Å²) in [7, 11) is 1.48. The van der Waals surface area contributed by atoms with Crippen molar-refractivity contribution in [1.29, 1.82) is 0 Å². The number of nitrogens with zero attached hydrogens (tertiary/aromatic N) is 2. The number of carbonyl (C=O) groups excluding carboxylic acids is 1. The Hall–Kier alpha value is -3.68. The number of para-hydroxylation sites is 1. The number of hydrogen-bond acceptors (Lipinski definition) is 6. The van der Waals surface area contributed by atoms with Gasteiger partial charge in [-0.05, 0) is 18.2 Å². The van der Waals surface area contributed by atoms with Crippen LogP contribution in [0, 0.1) is 10.1 Å². The highest BCUT2D eigenvalue weighted by Crippen LogP contribution is 2.41. The normalized spacial score (nSPS) is 11.8. The second-order valence-corrected chi connectivity index (χ2v) is 5.87. The number of methoxy groups -OCH3 is 1. The molecule has 0 saturated carbocycles. The van der Waals surface area contributed by atoms with Crippen molar-refractivity contribution in [2.24, 2.45) is 0 Å². The van der Waals surface area contributed by atoms with Gasteiger partial charge in [0.15, 0.2) is 0 Å². The van der Waals surface area contributed by atoms with Gasteiger partial charge >= 0.3 is 0 Å². The monoisotopic (exact) mass is 367 g/mol. The van der Waals surface area contributed by atoms with E-state index in [0.29, 0.717) is 11.3 Å². The summed E-state index contributed by atoms with van der Waals surface area (Å²) in [6, 6.07) is 10.4. The number of nitro groups is 1. The first-order valence-electron chi connectivity index (χ1n) is 8.09. The van der Waals surface area contributed by atoms with Gasteiger partial charge in [0.25, 0.3) is 5.69 Å². The smallest absolute Gasteiger partial charge is 0.279 e. The summed E-state index contributed by atoms with van der Waals surface area (Å²) in [6.45, 7) is 1.33.